The maximum Gasteiger partial charge on any atom is 0.323 e. The molecule has 0 aliphatic rings. The number of rotatable bonds is 9. The van der Waals surface area contributed by atoms with Crippen molar-refractivity contribution in [2.45, 2.75) is 51.6 Å². The molecule has 0 aliphatic heterocycles. The Morgan fingerprint density at radius 1 is 1.47 bits per heavy atom. The molecule has 0 spiro atoms. The highest BCUT2D eigenvalue weighted by Crippen LogP contribution is 2.14. The lowest BCUT2D eigenvalue weighted by Crippen LogP contribution is -2.52. The molecule has 4 nitrogen and oxygen atoms in total. The smallest absolute Gasteiger partial charge is 0.323 e. The Labute approximate surface area is 100 Å². The van der Waals surface area contributed by atoms with E-state index in [1.165, 1.54) is 0 Å². The zero-order chi connectivity index (χ0) is 13.5. The maximum absolute atomic E-state index is 11.8. The number of aliphatic carboxylic acids is 1. The summed E-state index contributed by atoms with van der Waals surface area (Å²) in [4.78, 5) is 11.1. The molecule has 0 amide bonds. The van der Waals surface area contributed by atoms with Crippen molar-refractivity contribution in [1.29, 1.82) is 0 Å². The zero-order valence-electron chi connectivity index (χ0n) is 10.5. The van der Waals surface area contributed by atoms with Crippen LogP contribution in [-0.4, -0.2) is 42.3 Å². The Bertz CT molecular complexity index is 237. The second-order valence-corrected chi connectivity index (χ2v) is 4.51. The largest absolute Gasteiger partial charge is 0.480 e. The fourth-order valence-corrected chi connectivity index (χ4v) is 1.58. The van der Waals surface area contributed by atoms with Gasteiger partial charge >= 0.3 is 5.97 Å². The summed E-state index contributed by atoms with van der Waals surface area (Å²) in [7, 11) is 0. The SMILES string of the molecule is CC(C)NC(C)(CCCOCC(F)F)C(=O)O. The molecule has 1 atom stereocenters. The number of hydrogen-bond acceptors (Lipinski definition) is 3. The van der Waals surface area contributed by atoms with E-state index in [4.69, 9.17) is 9.84 Å². The van der Waals surface area contributed by atoms with Crippen LogP contribution >= 0.6 is 0 Å². The van der Waals surface area contributed by atoms with Gasteiger partial charge in [-0.2, -0.15) is 0 Å². The number of alkyl halides is 2. The molecule has 0 saturated carbocycles. The Morgan fingerprint density at radius 2 is 2.06 bits per heavy atom. The topological polar surface area (TPSA) is 58.6 Å². The van der Waals surface area contributed by atoms with Gasteiger partial charge in [-0.25, -0.2) is 8.78 Å². The number of halogens is 2. The Kier molecular flexibility index (Phi) is 7.22. The number of hydrogen-bond donors (Lipinski definition) is 2. The zero-order valence-corrected chi connectivity index (χ0v) is 10.5. The predicted octanol–water partition coefficient (Wildman–Crippen LogP) is 1.89. The van der Waals surface area contributed by atoms with Crippen LogP contribution in [0.25, 0.3) is 0 Å². The van der Waals surface area contributed by atoms with Crippen molar-refractivity contribution in [2.75, 3.05) is 13.2 Å². The van der Waals surface area contributed by atoms with E-state index in [1.54, 1.807) is 6.92 Å². The number of carboxylic acid groups (broad SMARTS) is 1. The molecule has 0 rings (SSSR count). The van der Waals surface area contributed by atoms with E-state index in [1.807, 2.05) is 13.8 Å². The van der Waals surface area contributed by atoms with E-state index in [0.717, 1.165) is 0 Å². The molecule has 0 fully saturated rings. The minimum absolute atomic E-state index is 0.0399. The minimum Gasteiger partial charge on any atom is -0.480 e. The number of carboxylic acids is 1. The molecule has 17 heavy (non-hydrogen) atoms. The Morgan fingerprint density at radius 3 is 2.47 bits per heavy atom. The quantitative estimate of drug-likeness (QED) is 0.616. The van der Waals surface area contributed by atoms with Crippen LogP contribution in [0.5, 0.6) is 0 Å². The lowest BCUT2D eigenvalue weighted by molar-refractivity contribution is -0.145. The van der Waals surface area contributed by atoms with Gasteiger partial charge in [-0.15, -0.1) is 0 Å². The van der Waals surface area contributed by atoms with Crippen molar-refractivity contribution in [3.63, 3.8) is 0 Å². The summed E-state index contributed by atoms with van der Waals surface area (Å²) >= 11 is 0. The van der Waals surface area contributed by atoms with Gasteiger partial charge in [0, 0.05) is 12.6 Å². The molecule has 0 saturated heterocycles. The third-order valence-electron chi connectivity index (χ3n) is 2.29. The van der Waals surface area contributed by atoms with Gasteiger partial charge in [-0.3, -0.25) is 10.1 Å². The van der Waals surface area contributed by atoms with Crippen LogP contribution in [0.3, 0.4) is 0 Å². The molecular weight excluding hydrogens is 232 g/mol. The van der Waals surface area contributed by atoms with Crippen molar-refractivity contribution in [3.05, 3.63) is 0 Å². The highest BCUT2D eigenvalue weighted by molar-refractivity contribution is 5.78. The molecule has 0 bridgehead atoms. The fraction of sp³-hybridized carbons (Fsp3) is 0.909. The van der Waals surface area contributed by atoms with Gasteiger partial charge in [0.25, 0.3) is 6.43 Å². The Hall–Kier alpha value is -0.750. The monoisotopic (exact) mass is 253 g/mol. The summed E-state index contributed by atoms with van der Waals surface area (Å²) in [5, 5.41) is 12.1. The van der Waals surface area contributed by atoms with E-state index in [9.17, 15) is 13.6 Å². The van der Waals surface area contributed by atoms with Crippen molar-refractivity contribution in [2.24, 2.45) is 0 Å². The lowest BCUT2D eigenvalue weighted by Gasteiger charge is -2.28. The van der Waals surface area contributed by atoms with Gasteiger partial charge in [0.15, 0.2) is 0 Å². The first-order valence-electron chi connectivity index (χ1n) is 5.65. The van der Waals surface area contributed by atoms with Crippen LogP contribution in [0.15, 0.2) is 0 Å². The van der Waals surface area contributed by atoms with Crippen LogP contribution in [-0.2, 0) is 9.53 Å². The van der Waals surface area contributed by atoms with Crippen LogP contribution < -0.4 is 5.32 Å². The average molecular weight is 253 g/mol. The van der Waals surface area contributed by atoms with Crippen LogP contribution in [0.4, 0.5) is 8.78 Å². The summed E-state index contributed by atoms with van der Waals surface area (Å²) in [5.74, 6) is -0.944. The molecule has 0 radical (unpaired) electrons. The first-order chi connectivity index (χ1) is 7.78. The maximum atomic E-state index is 11.8. The summed E-state index contributed by atoms with van der Waals surface area (Å²) in [6, 6.07) is 0.0399. The molecule has 1 unspecified atom stereocenters. The molecule has 0 aromatic rings. The second kappa shape index (κ2) is 7.55. The number of nitrogens with one attached hydrogen (secondary N) is 1. The van der Waals surface area contributed by atoms with Gasteiger partial charge in [-0.1, -0.05) is 0 Å². The summed E-state index contributed by atoms with van der Waals surface area (Å²) < 4.78 is 28.2. The van der Waals surface area contributed by atoms with Crippen molar-refractivity contribution in [1.82, 2.24) is 5.32 Å². The third-order valence-corrected chi connectivity index (χ3v) is 2.29. The van der Waals surface area contributed by atoms with Crippen LogP contribution in [0.1, 0.15) is 33.6 Å². The van der Waals surface area contributed by atoms with E-state index in [-0.39, 0.29) is 12.6 Å². The first-order valence-corrected chi connectivity index (χ1v) is 5.65. The standard InChI is InChI=1S/C11H21F2NO3/c1-8(2)14-11(3,10(15)16)5-4-6-17-7-9(12)13/h8-9,14H,4-7H2,1-3H3,(H,15,16). The molecule has 0 aromatic heterocycles. The van der Waals surface area contributed by atoms with Gasteiger partial charge in [0.2, 0.25) is 0 Å². The van der Waals surface area contributed by atoms with Gasteiger partial charge in [0.1, 0.15) is 12.1 Å². The van der Waals surface area contributed by atoms with Gasteiger partial charge in [0.05, 0.1) is 0 Å². The molecule has 2 N–H and O–H groups in total. The van der Waals surface area contributed by atoms with Gasteiger partial charge in [-0.05, 0) is 33.6 Å². The van der Waals surface area contributed by atoms with E-state index in [0.29, 0.717) is 12.8 Å². The van der Waals surface area contributed by atoms with Crippen LogP contribution in [0.2, 0.25) is 0 Å². The lowest BCUT2D eigenvalue weighted by atomic mass is 9.95. The fourth-order valence-electron chi connectivity index (χ4n) is 1.58. The summed E-state index contributed by atoms with van der Waals surface area (Å²) in [6.45, 7) is 4.85. The average Bonchev–Trinajstić information content (AvgIpc) is 2.15. The highest BCUT2D eigenvalue weighted by Gasteiger charge is 2.32. The van der Waals surface area contributed by atoms with Crippen molar-refractivity contribution in [3.8, 4) is 0 Å². The molecule has 0 aromatic carbocycles. The minimum atomic E-state index is -2.48. The molecule has 102 valence electrons. The molecule has 0 heterocycles. The third kappa shape index (κ3) is 7.23. The normalized spacial score (nSPS) is 15.2. The summed E-state index contributed by atoms with van der Waals surface area (Å²) in [6.07, 6.45) is -1.71. The highest BCUT2D eigenvalue weighted by atomic mass is 19.3. The summed E-state index contributed by atoms with van der Waals surface area (Å²) in [5.41, 5.74) is -1.04. The van der Waals surface area contributed by atoms with E-state index in [2.05, 4.69) is 5.32 Å². The number of ether oxygens (including phenoxy) is 1. The molecule has 0 aliphatic carbocycles. The molecule has 6 heteroatoms. The van der Waals surface area contributed by atoms with Crippen LogP contribution in [0, 0.1) is 0 Å². The van der Waals surface area contributed by atoms with E-state index >= 15 is 0 Å². The number of carbonyl (C=O) groups is 1. The second-order valence-electron chi connectivity index (χ2n) is 4.51. The van der Waals surface area contributed by atoms with Crippen molar-refractivity contribution >= 4 is 5.97 Å². The van der Waals surface area contributed by atoms with E-state index < -0.39 is 24.5 Å². The van der Waals surface area contributed by atoms with Crippen molar-refractivity contribution < 1.29 is 23.4 Å². The Balaban J connectivity index is 3.97. The molecular formula is C11H21F2NO3. The first kappa shape index (κ1) is 16.2. The van der Waals surface area contributed by atoms with Gasteiger partial charge < -0.3 is 9.84 Å². The predicted molar refractivity (Wildman–Crippen MR) is 60.4 cm³/mol.